The lowest BCUT2D eigenvalue weighted by Crippen LogP contribution is -2.25. The lowest BCUT2D eigenvalue weighted by Gasteiger charge is -2.24. The Labute approximate surface area is 116 Å². The van der Waals surface area contributed by atoms with Gasteiger partial charge in [-0.3, -0.25) is 4.79 Å². The SMILES string of the molecule is CCN1c2ccc(N)cc2N(C)C(=O)c2ccnnc21. The first kappa shape index (κ1) is 12.4. The van der Waals surface area contributed by atoms with Crippen LogP contribution in [-0.4, -0.2) is 29.7 Å². The molecule has 0 saturated carbocycles. The quantitative estimate of drug-likeness (QED) is 0.799. The van der Waals surface area contributed by atoms with Gasteiger partial charge in [0.15, 0.2) is 5.82 Å². The fourth-order valence-corrected chi connectivity index (χ4v) is 2.45. The van der Waals surface area contributed by atoms with Gasteiger partial charge in [-0.2, -0.15) is 5.10 Å². The number of nitrogens with two attached hydrogens (primary N) is 1. The second-order valence-corrected chi connectivity index (χ2v) is 4.63. The number of nitrogens with zero attached hydrogens (tertiary/aromatic N) is 4. The van der Waals surface area contributed by atoms with Gasteiger partial charge in [0.1, 0.15) is 0 Å². The number of nitrogen functional groups attached to an aromatic ring is 1. The molecule has 0 atom stereocenters. The molecule has 0 bridgehead atoms. The number of fused-ring (bicyclic) bond motifs is 2. The second kappa shape index (κ2) is 4.48. The molecule has 1 aromatic heterocycles. The molecule has 6 nitrogen and oxygen atoms in total. The van der Waals surface area contributed by atoms with Gasteiger partial charge in [0.2, 0.25) is 0 Å². The summed E-state index contributed by atoms with van der Waals surface area (Å²) in [5.41, 5.74) is 8.68. The summed E-state index contributed by atoms with van der Waals surface area (Å²) in [4.78, 5) is 16.1. The first-order valence-corrected chi connectivity index (χ1v) is 6.40. The van der Waals surface area contributed by atoms with Gasteiger partial charge in [-0.15, -0.1) is 5.10 Å². The number of rotatable bonds is 1. The summed E-state index contributed by atoms with van der Waals surface area (Å²) >= 11 is 0. The van der Waals surface area contributed by atoms with Gasteiger partial charge in [0, 0.05) is 19.3 Å². The van der Waals surface area contributed by atoms with Crippen LogP contribution in [0.25, 0.3) is 0 Å². The molecule has 102 valence electrons. The number of hydrogen-bond acceptors (Lipinski definition) is 5. The van der Waals surface area contributed by atoms with Crippen LogP contribution in [-0.2, 0) is 0 Å². The Bertz CT molecular complexity index is 685. The second-order valence-electron chi connectivity index (χ2n) is 4.63. The predicted octanol–water partition coefficient (Wildman–Crippen LogP) is 1.81. The van der Waals surface area contributed by atoms with Crippen molar-refractivity contribution in [3.05, 3.63) is 36.0 Å². The zero-order valence-corrected chi connectivity index (χ0v) is 11.4. The Kier molecular flexibility index (Phi) is 2.78. The highest BCUT2D eigenvalue weighted by atomic mass is 16.2. The van der Waals surface area contributed by atoms with Crippen LogP contribution >= 0.6 is 0 Å². The molecule has 0 fully saturated rings. The van der Waals surface area contributed by atoms with Gasteiger partial charge >= 0.3 is 0 Å². The third-order valence-electron chi connectivity index (χ3n) is 3.46. The summed E-state index contributed by atoms with van der Waals surface area (Å²) < 4.78 is 0. The van der Waals surface area contributed by atoms with Crippen LogP contribution in [0, 0.1) is 0 Å². The maximum Gasteiger partial charge on any atom is 0.261 e. The van der Waals surface area contributed by atoms with Crippen molar-refractivity contribution in [1.29, 1.82) is 0 Å². The number of carbonyl (C=O) groups excluding carboxylic acids is 1. The van der Waals surface area contributed by atoms with E-state index in [1.165, 1.54) is 6.20 Å². The van der Waals surface area contributed by atoms with Crippen LogP contribution in [0.5, 0.6) is 0 Å². The molecule has 2 heterocycles. The van der Waals surface area contributed by atoms with Crippen molar-refractivity contribution in [3.63, 3.8) is 0 Å². The van der Waals surface area contributed by atoms with Crippen LogP contribution in [0.1, 0.15) is 17.3 Å². The number of benzene rings is 1. The molecule has 0 saturated heterocycles. The number of carbonyl (C=O) groups is 1. The third-order valence-corrected chi connectivity index (χ3v) is 3.46. The normalized spacial score (nSPS) is 13.8. The van der Waals surface area contributed by atoms with E-state index in [0.717, 1.165) is 11.4 Å². The summed E-state index contributed by atoms with van der Waals surface area (Å²) in [6, 6.07) is 7.22. The van der Waals surface area contributed by atoms with Crippen LogP contribution in [0.15, 0.2) is 30.5 Å². The van der Waals surface area contributed by atoms with E-state index in [1.54, 1.807) is 24.1 Å². The van der Waals surface area contributed by atoms with Crippen molar-refractivity contribution in [1.82, 2.24) is 10.2 Å². The number of anilines is 4. The van der Waals surface area contributed by atoms with Crippen molar-refractivity contribution < 1.29 is 4.79 Å². The van der Waals surface area contributed by atoms with Gasteiger partial charge < -0.3 is 15.5 Å². The maximum atomic E-state index is 12.6. The summed E-state index contributed by atoms with van der Waals surface area (Å²) in [6.45, 7) is 2.69. The van der Waals surface area contributed by atoms with Gasteiger partial charge in [0.25, 0.3) is 5.91 Å². The fourth-order valence-electron chi connectivity index (χ4n) is 2.45. The molecule has 2 aromatic rings. The highest BCUT2D eigenvalue weighted by Crippen LogP contribution is 2.39. The average Bonchev–Trinajstić information content (AvgIpc) is 2.55. The molecule has 1 aliphatic rings. The van der Waals surface area contributed by atoms with Crippen molar-refractivity contribution in [2.24, 2.45) is 0 Å². The molecule has 0 unspecified atom stereocenters. The van der Waals surface area contributed by atoms with Crippen molar-refractivity contribution >= 4 is 28.8 Å². The minimum atomic E-state index is -0.113. The van der Waals surface area contributed by atoms with Crippen LogP contribution in [0.2, 0.25) is 0 Å². The standard InChI is InChI=1S/C14H15N5O/c1-3-19-11-5-4-9(15)8-12(11)18(2)14(20)10-6-7-16-17-13(10)19/h4-8H,3,15H2,1-2H3. The minimum Gasteiger partial charge on any atom is -0.399 e. The maximum absolute atomic E-state index is 12.6. The van der Waals surface area contributed by atoms with Crippen LogP contribution in [0.3, 0.4) is 0 Å². The predicted molar refractivity (Wildman–Crippen MR) is 78.3 cm³/mol. The Morgan fingerprint density at radius 1 is 1.25 bits per heavy atom. The number of amides is 1. The van der Waals surface area contributed by atoms with Crippen molar-refractivity contribution in [2.75, 3.05) is 29.1 Å². The number of aromatic nitrogens is 2. The summed E-state index contributed by atoms with van der Waals surface area (Å²) in [5.74, 6) is 0.466. The zero-order chi connectivity index (χ0) is 14.3. The molecular weight excluding hydrogens is 254 g/mol. The van der Waals surface area contributed by atoms with E-state index in [0.29, 0.717) is 23.6 Å². The third kappa shape index (κ3) is 1.69. The molecule has 0 radical (unpaired) electrons. The molecule has 6 heteroatoms. The summed E-state index contributed by atoms with van der Waals surface area (Å²) in [6.07, 6.45) is 1.53. The Balaban J connectivity index is 2.31. The molecule has 0 spiro atoms. The average molecular weight is 269 g/mol. The molecular formula is C14H15N5O. The van der Waals surface area contributed by atoms with E-state index in [4.69, 9.17) is 5.73 Å². The monoisotopic (exact) mass is 269 g/mol. The van der Waals surface area contributed by atoms with Gasteiger partial charge in [0.05, 0.1) is 23.1 Å². The van der Waals surface area contributed by atoms with E-state index >= 15 is 0 Å². The largest absolute Gasteiger partial charge is 0.399 e. The van der Waals surface area contributed by atoms with E-state index in [1.807, 2.05) is 24.0 Å². The highest BCUT2D eigenvalue weighted by molar-refractivity contribution is 6.13. The van der Waals surface area contributed by atoms with Gasteiger partial charge in [-0.05, 0) is 31.2 Å². The first-order chi connectivity index (χ1) is 9.63. The van der Waals surface area contributed by atoms with E-state index in [-0.39, 0.29) is 5.91 Å². The number of hydrogen-bond donors (Lipinski definition) is 1. The zero-order valence-electron chi connectivity index (χ0n) is 11.4. The Morgan fingerprint density at radius 2 is 2.05 bits per heavy atom. The molecule has 1 aromatic carbocycles. The van der Waals surface area contributed by atoms with Crippen LogP contribution in [0.4, 0.5) is 22.9 Å². The molecule has 20 heavy (non-hydrogen) atoms. The fraction of sp³-hybridized carbons (Fsp3) is 0.214. The minimum absolute atomic E-state index is 0.113. The molecule has 0 aliphatic carbocycles. The highest BCUT2D eigenvalue weighted by Gasteiger charge is 2.29. The lowest BCUT2D eigenvalue weighted by atomic mass is 10.2. The van der Waals surface area contributed by atoms with Crippen molar-refractivity contribution in [2.45, 2.75) is 6.92 Å². The van der Waals surface area contributed by atoms with Crippen LogP contribution < -0.4 is 15.5 Å². The molecule has 1 aliphatic heterocycles. The van der Waals surface area contributed by atoms with Gasteiger partial charge in [-0.25, -0.2) is 0 Å². The molecule has 3 rings (SSSR count). The first-order valence-electron chi connectivity index (χ1n) is 6.40. The van der Waals surface area contributed by atoms with E-state index in [2.05, 4.69) is 10.2 Å². The summed E-state index contributed by atoms with van der Waals surface area (Å²) in [7, 11) is 1.74. The lowest BCUT2D eigenvalue weighted by molar-refractivity contribution is 0.0994. The summed E-state index contributed by atoms with van der Waals surface area (Å²) in [5, 5.41) is 8.04. The van der Waals surface area contributed by atoms with E-state index in [9.17, 15) is 4.79 Å². The van der Waals surface area contributed by atoms with Crippen molar-refractivity contribution in [3.8, 4) is 0 Å². The molecule has 1 amide bonds. The molecule has 2 N–H and O–H groups in total. The van der Waals surface area contributed by atoms with E-state index < -0.39 is 0 Å². The Morgan fingerprint density at radius 3 is 2.80 bits per heavy atom. The smallest absolute Gasteiger partial charge is 0.261 e. The Hall–Kier alpha value is -2.63. The van der Waals surface area contributed by atoms with Gasteiger partial charge in [-0.1, -0.05) is 0 Å². The topological polar surface area (TPSA) is 75.3 Å².